The molecule has 0 fully saturated rings. The van der Waals surface area contributed by atoms with E-state index < -0.39 is 66.6 Å². The van der Waals surface area contributed by atoms with Crippen LogP contribution >= 0.6 is 0 Å². The molecule has 0 saturated carbocycles. The first kappa shape index (κ1) is 29.0. The van der Waals surface area contributed by atoms with Crippen LogP contribution < -0.4 is 44.6 Å². The Kier molecular flexibility index (Phi) is 13.2. The van der Waals surface area contributed by atoms with Gasteiger partial charge in [0.05, 0.1) is 19.0 Å². The molecule has 0 saturated heterocycles. The summed E-state index contributed by atoms with van der Waals surface area (Å²) in [7, 11) is 0. The number of aliphatic carboxylic acids is 1. The number of nitrogens with one attached hydrogen (secondary N) is 3. The van der Waals surface area contributed by atoms with Crippen LogP contribution in [0.15, 0.2) is 4.99 Å². The topological polar surface area (TPSA) is 301 Å². The van der Waals surface area contributed by atoms with Gasteiger partial charge in [0, 0.05) is 13.0 Å². The van der Waals surface area contributed by atoms with Gasteiger partial charge in [0.1, 0.15) is 12.1 Å². The molecule has 16 heteroatoms. The second-order valence-electron chi connectivity index (χ2n) is 6.97. The summed E-state index contributed by atoms with van der Waals surface area (Å²) < 4.78 is 0. The number of hydrogen-bond acceptors (Lipinski definition) is 8. The van der Waals surface area contributed by atoms with Crippen molar-refractivity contribution in [1.82, 2.24) is 16.0 Å². The van der Waals surface area contributed by atoms with Crippen LogP contribution in [0.3, 0.4) is 0 Å². The van der Waals surface area contributed by atoms with Crippen molar-refractivity contribution in [2.24, 2.45) is 33.7 Å². The number of primary amides is 2. The summed E-state index contributed by atoms with van der Waals surface area (Å²) in [6.45, 7) is -0.487. The minimum Gasteiger partial charge on any atom is -0.480 e. The number of carboxylic acids is 1. The molecule has 0 aromatic carbocycles. The summed E-state index contributed by atoms with van der Waals surface area (Å²) >= 11 is 0. The van der Waals surface area contributed by atoms with Crippen LogP contribution in [-0.4, -0.2) is 77.8 Å². The molecule has 0 aromatic rings. The van der Waals surface area contributed by atoms with Gasteiger partial charge in [-0.15, -0.1) is 0 Å². The van der Waals surface area contributed by atoms with Gasteiger partial charge in [-0.05, 0) is 19.3 Å². The Morgan fingerprint density at radius 3 is 2.00 bits per heavy atom. The van der Waals surface area contributed by atoms with E-state index in [1.54, 1.807) is 0 Å². The number of guanidine groups is 1. The molecule has 0 bridgehead atoms. The van der Waals surface area contributed by atoms with Crippen molar-refractivity contribution in [2.75, 3.05) is 13.1 Å². The van der Waals surface area contributed by atoms with Gasteiger partial charge in [-0.3, -0.25) is 29.0 Å². The average Bonchev–Trinajstić information content (AvgIpc) is 2.70. The predicted octanol–water partition coefficient (Wildman–Crippen LogP) is -5.32. The molecule has 16 nitrogen and oxygen atoms in total. The van der Waals surface area contributed by atoms with Crippen molar-refractivity contribution in [1.29, 1.82) is 0 Å². The van der Waals surface area contributed by atoms with Crippen molar-refractivity contribution >= 4 is 41.5 Å². The highest BCUT2D eigenvalue weighted by Gasteiger charge is 2.25. The number of carboxylic acid groups (broad SMARTS) is 1. The lowest BCUT2D eigenvalue weighted by Crippen LogP contribution is -2.53. The van der Waals surface area contributed by atoms with Gasteiger partial charge in [-0.2, -0.15) is 0 Å². The molecular formula is C17H31N9O7. The molecule has 3 atom stereocenters. The minimum atomic E-state index is -1.56. The largest absolute Gasteiger partial charge is 0.480 e. The molecule has 0 aliphatic carbocycles. The van der Waals surface area contributed by atoms with Gasteiger partial charge >= 0.3 is 5.97 Å². The standard InChI is InChI=1S/C17H31N9O7/c18-8(3-4-11(19)27)14(30)26-9(2-1-5-23-17(21)22)15(31)24-7-13(29)25-10(16(32)33)6-12(20)28/h8-10H,1-7,18H2,(H2,19,27)(H2,20,28)(H,24,31)(H,25,29)(H,26,30)(H,32,33)(H4,21,22,23). The molecule has 0 heterocycles. The number of nitrogens with two attached hydrogens (primary N) is 5. The second kappa shape index (κ2) is 15.0. The van der Waals surface area contributed by atoms with E-state index in [4.69, 9.17) is 33.8 Å². The van der Waals surface area contributed by atoms with Gasteiger partial charge < -0.3 is 49.7 Å². The van der Waals surface area contributed by atoms with Crippen molar-refractivity contribution in [3.05, 3.63) is 0 Å². The third-order valence-corrected chi connectivity index (χ3v) is 4.08. The first-order valence-electron chi connectivity index (χ1n) is 9.81. The molecule has 0 radical (unpaired) electrons. The summed E-state index contributed by atoms with van der Waals surface area (Å²) in [4.78, 5) is 73.3. The Morgan fingerprint density at radius 2 is 1.48 bits per heavy atom. The minimum absolute atomic E-state index is 0.0393. The lowest BCUT2D eigenvalue weighted by Gasteiger charge is -2.20. The molecule has 14 N–H and O–H groups in total. The van der Waals surface area contributed by atoms with Crippen LogP contribution in [0.4, 0.5) is 0 Å². The van der Waals surface area contributed by atoms with Crippen LogP contribution in [0, 0.1) is 0 Å². The molecule has 186 valence electrons. The van der Waals surface area contributed by atoms with Crippen LogP contribution in [-0.2, 0) is 28.8 Å². The molecule has 33 heavy (non-hydrogen) atoms. The monoisotopic (exact) mass is 473 g/mol. The van der Waals surface area contributed by atoms with E-state index in [0.29, 0.717) is 0 Å². The maximum absolute atomic E-state index is 12.5. The number of nitrogens with zero attached hydrogens (tertiary/aromatic N) is 1. The van der Waals surface area contributed by atoms with Gasteiger partial charge in [0.15, 0.2) is 5.96 Å². The molecule has 5 amide bonds. The first-order chi connectivity index (χ1) is 15.3. The highest BCUT2D eigenvalue weighted by molar-refractivity contribution is 5.93. The number of hydrogen-bond donors (Lipinski definition) is 9. The fourth-order valence-corrected chi connectivity index (χ4v) is 2.42. The van der Waals surface area contributed by atoms with E-state index in [2.05, 4.69) is 15.6 Å². The molecule has 0 rings (SSSR count). The lowest BCUT2D eigenvalue weighted by atomic mass is 10.1. The Balaban J connectivity index is 5.01. The maximum atomic E-state index is 12.5. The number of carbonyl (C=O) groups excluding carboxylic acids is 5. The van der Waals surface area contributed by atoms with Crippen LogP contribution in [0.5, 0.6) is 0 Å². The first-order valence-corrected chi connectivity index (χ1v) is 9.81. The van der Waals surface area contributed by atoms with E-state index in [-0.39, 0.29) is 38.2 Å². The number of amides is 5. The maximum Gasteiger partial charge on any atom is 0.326 e. The van der Waals surface area contributed by atoms with Crippen molar-refractivity contribution < 1.29 is 33.9 Å². The Labute approximate surface area is 189 Å². The van der Waals surface area contributed by atoms with E-state index in [0.717, 1.165) is 0 Å². The fraction of sp³-hybridized carbons (Fsp3) is 0.588. The Hall–Kier alpha value is -3.95. The summed E-state index contributed by atoms with van der Waals surface area (Å²) in [5.74, 6) is -5.63. The molecule has 0 aromatic heterocycles. The summed E-state index contributed by atoms with van der Waals surface area (Å²) in [6.07, 6.45) is -0.465. The van der Waals surface area contributed by atoms with Gasteiger partial charge in [-0.25, -0.2) is 4.79 Å². The average molecular weight is 473 g/mol. The summed E-state index contributed by atoms with van der Waals surface area (Å²) in [5.41, 5.74) is 26.1. The van der Waals surface area contributed by atoms with Gasteiger partial charge in [0.2, 0.25) is 29.5 Å². The fourth-order valence-electron chi connectivity index (χ4n) is 2.42. The Morgan fingerprint density at radius 1 is 0.848 bits per heavy atom. The van der Waals surface area contributed by atoms with E-state index >= 15 is 0 Å². The SMILES string of the molecule is NC(=O)CCC(N)C(=O)NC(CCCN=C(N)N)C(=O)NCC(=O)NC(CC(N)=O)C(=O)O. The Bertz CT molecular complexity index is 768. The second-order valence-corrected chi connectivity index (χ2v) is 6.97. The van der Waals surface area contributed by atoms with Crippen LogP contribution in [0.1, 0.15) is 32.1 Å². The van der Waals surface area contributed by atoms with Crippen molar-refractivity contribution in [3.8, 4) is 0 Å². The zero-order valence-electron chi connectivity index (χ0n) is 17.9. The van der Waals surface area contributed by atoms with E-state index in [1.807, 2.05) is 5.32 Å². The molecule has 0 aliphatic rings. The third kappa shape index (κ3) is 13.9. The zero-order chi connectivity index (χ0) is 25.6. The zero-order valence-corrected chi connectivity index (χ0v) is 17.9. The summed E-state index contributed by atoms with van der Waals surface area (Å²) in [5, 5.41) is 15.7. The van der Waals surface area contributed by atoms with E-state index in [9.17, 15) is 28.8 Å². The van der Waals surface area contributed by atoms with Crippen molar-refractivity contribution in [2.45, 2.75) is 50.2 Å². The quantitative estimate of drug-likeness (QED) is 0.0582. The molecule has 0 aliphatic heterocycles. The number of aliphatic imine (C=N–C) groups is 1. The number of carbonyl (C=O) groups is 6. The third-order valence-electron chi connectivity index (χ3n) is 4.08. The van der Waals surface area contributed by atoms with E-state index in [1.165, 1.54) is 0 Å². The summed E-state index contributed by atoms with van der Waals surface area (Å²) in [6, 6.07) is -3.82. The van der Waals surface area contributed by atoms with Crippen molar-refractivity contribution in [3.63, 3.8) is 0 Å². The smallest absolute Gasteiger partial charge is 0.326 e. The van der Waals surface area contributed by atoms with Gasteiger partial charge in [-0.1, -0.05) is 0 Å². The molecule has 3 unspecified atom stereocenters. The number of rotatable bonds is 16. The molecule has 0 spiro atoms. The lowest BCUT2D eigenvalue weighted by molar-refractivity contribution is -0.143. The van der Waals surface area contributed by atoms with Crippen LogP contribution in [0.2, 0.25) is 0 Å². The normalized spacial score (nSPS) is 13.0. The van der Waals surface area contributed by atoms with Gasteiger partial charge in [0.25, 0.3) is 0 Å². The van der Waals surface area contributed by atoms with Crippen LogP contribution in [0.25, 0.3) is 0 Å². The highest BCUT2D eigenvalue weighted by atomic mass is 16.4. The highest BCUT2D eigenvalue weighted by Crippen LogP contribution is 2.02. The molecular weight excluding hydrogens is 442 g/mol. The predicted molar refractivity (Wildman–Crippen MR) is 115 cm³/mol.